The first-order valence-electron chi connectivity index (χ1n) is 15.2. The molecule has 9 rings (SSSR count). The molecule has 2 N–H and O–H groups in total. The van der Waals surface area contributed by atoms with Crippen LogP contribution < -0.4 is 5.50 Å². The van der Waals surface area contributed by atoms with Gasteiger partial charge in [-0.3, -0.25) is 0 Å². The van der Waals surface area contributed by atoms with Gasteiger partial charge < -0.3 is 5.50 Å². The number of rotatable bonds is 3. The Balaban J connectivity index is 0.00000142. The van der Waals surface area contributed by atoms with E-state index in [0.717, 1.165) is 12.8 Å². The minimum absolute atomic E-state index is 1.14. The molecule has 0 saturated heterocycles. The molecule has 0 amide bonds. The number of nitrogens with two attached hydrogens (primary N) is 1. The fourth-order valence-electron chi connectivity index (χ4n) is 7.48. The Morgan fingerprint density at radius 3 is 1.59 bits per heavy atom. The third-order valence-electron chi connectivity index (χ3n) is 9.33. The fraction of sp³-hybridized carbons (Fsp3) is 0.0476. The number of benzene rings is 8. The van der Waals surface area contributed by atoms with Gasteiger partial charge in [0.25, 0.3) is 0 Å². The SMILES string of the molecule is NP.c1ccc(-c2c3ccccc3c(-c3ccc4c5c(cccc35)CC4)c3ccccc23)c(-c2ccc3ccccc3c2)c1. The van der Waals surface area contributed by atoms with Crippen LogP contribution in [0.2, 0.25) is 0 Å². The average molecular weight is 582 g/mol. The smallest absolute Gasteiger partial charge is 0.00201 e. The summed E-state index contributed by atoms with van der Waals surface area (Å²) in [5.74, 6) is 0. The van der Waals surface area contributed by atoms with Crippen LogP contribution in [0.3, 0.4) is 0 Å². The number of fused-ring (bicyclic) bond motifs is 3. The molecule has 44 heavy (non-hydrogen) atoms. The summed E-state index contributed by atoms with van der Waals surface area (Å²) in [5, 5.41) is 10.6. The number of aryl methyl sites for hydroxylation is 2. The van der Waals surface area contributed by atoms with Gasteiger partial charge in [-0.1, -0.05) is 149 Å². The molecule has 0 aromatic heterocycles. The highest BCUT2D eigenvalue weighted by Gasteiger charge is 2.22. The van der Waals surface area contributed by atoms with E-state index in [1.807, 2.05) is 9.39 Å². The molecule has 0 radical (unpaired) electrons. The van der Waals surface area contributed by atoms with Crippen LogP contribution in [0.4, 0.5) is 0 Å². The predicted molar refractivity (Wildman–Crippen MR) is 194 cm³/mol. The zero-order chi connectivity index (χ0) is 29.6. The van der Waals surface area contributed by atoms with Crippen molar-refractivity contribution in [2.75, 3.05) is 0 Å². The van der Waals surface area contributed by atoms with E-state index in [1.54, 1.807) is 0 Å². The van der Waals surface area contributed by atoms with Crippen molar-refractivity contribution in [2.24, 2.45) is 5.50 Å². The van der Waals surface area contributed by atoms with Crippen molar-refractivity contribution in [3.63, 3.8) is 0 Å². The van der Waals surface area contributed by atoms with Gasteiger partial charge in [0.05, 0.1) is 0 Å². The van der Waals surface area contributed by atoms with E-state index in [9.17, 15) is 0 Å². The van der Waals surface area contributed by atoms with Gasteiger partial charge in [0.2, 0.25) is 0 Å². The first-order valence-corrected chi connectivity index (χ1v) is 15.9. The zero-order valence-electron chi connectivity index (χ0n) is 24.4. The summed E-state index contributed by atoms with van der Waals surface area (Å²) < 4.78 is 0. The molecule has 0 aliphatic heterocycles. The Morgan fingerprint density at radius 1 is 0.386 bits per heavy atom. The second-order valence-electron chi connectivity index (χ2n) is 11.6. The molecule has 8 aromatic carbocycles. The van der Waals surface area contributed by atoms with Gasteiger partial charge in [0.1, 0.15) is 0 Å². The quantitative estimate of drug-likeness (QED) is 0.163. The summed E-state index contributed by atoms with van der Waals surface area (Å²) in [6, 6.07) is 54.1. The van der Waals surface area contributed by atoms with E-state index in [-0.39, 0.29) is 0 Å². The van der Waals surface area contributed by atoms with Crippen molar-refractivity contribution < 1.29 is 0 Å². The number of hydrogen-bond acceptors (Lipinski definition) is 1. The van der Waals surface area contributed by atoms with Crippen LogP contribution in [0.15, 0.2) is 146 Å². The maximum Gasteiger partial charge on any atom is -0.00201 e. The first kappa shape index (κ1) is 26.8. The molecule has 0 bridgehead atoms. The van der Waals surface area contributed by atoms with Crippen LogP contribution in [-0.2, 0) is 12.8 Å². The predicted octanol–water partition coefficient (Wildman–Crippen LogP) is 11.1. The molecule has 210 valence electrons. The van der Waals surface area contributed by atoms with Crippen molar-refractivity contribution in [3.05, 3.63) is 157 Å². The van der Waals surface area contributed by atoms with E-state index >= 15 is 0 Å². The molecule has 8 aromatic rings. The Kier molecular flexibility index (Phi) is 6.72. The summed E-state index contributed by atoms with van der Waals surface area (Å²) >= 11 is 0. The lowest BCUT2D eigenvalue weighted by molar-refractivity contribution is 1.02. The minimum Gasteiger partial charge on any atom is -0.314 e. The zero-order valence-corrected chi connectivity index (χ0v) is 25.6. The van der Waals surface area contributed by atoms with Crippen LogP contribution in [-0.4, -0.2) is 0 Å². The summed E-state index contributed by atoms with van der Waals surface area (Å²) in [5.41, 5.74) is 15.1. The van der Waals surface area contributed by atoms with Gasteiger partial charge in [-0.15, -0.1) is 0 Å². The molecule has 1 aliphatic carbocycles. The van der Waals surface area contributed by atoms with Crippen molar-refractivity contribution in [2.45, 2.75) is 12.8 Å². The molecule has 2 heteroatoms. The maximum atomic E-state index is 4.42. The van der Waals surface area contributed by atoms with Gasteiger partial charge in [0.15, 0.2) is 0 Å². The third kappa shape index (κ3) is 4.16. The highest BCUT2D eigenvalue weighted by atomic mass is 31.0. The van der Waals surface area contributed by atoms with E-state index in [2.05, 4.69) is 151 Å². The molecule has 0 heterocycles. The van der Waals surface area contributed by atoms with Gasteiger partial charge in [-0.2, -0.15) is 0 Å². The van der Waals surface area contributed by atoms with Crippen LogP contribution in [0.1, 0.15) is 11.1 Å². The molecule has 1 nitrogen and oxygen atoms in total. The van der Waals surface area contributed by atoms with Gasteiger partial charge in [0, 0.05) is 0 Å². The van der Waals surface area contributed by atoms with E-state index in [4.69, 9.17) is 0 Å². The Bertz CT molecular complexity index is 2300. The molecule has 1 atom stereocenters. The monoisotopic (exact) mass is 581 g/mol. The number of hydrogen-bond donors (Lipinski definition) is 1. The Morgan fingerprint density at radius 2 is 0.909 bits per heavy atom. The van der Waals surface area contributed by atoms with Crippen LogP contribution >= 0.6 is 9.39 Å². The summed E-state index contributed by atoms with van der Waals surface area (Å²) in [6.07, 6.45) is 2.28. The lowest BCUT2D eigenvalue weighted by atomic mass is 9.82. The summed E-state index contributed by atoms with van der Waals surface area (Å²) in [7, 11) is 1.92. The Hall–Kier alpha value is -4.81. The second-order valence-corrected chi connectivity index (χ2v) is 11.6. The van der Waals surface area contributed by atoms with Gasteiger partial charge in [-0.05, 0) is 107 Å². The van der Waals surface area contributed by atoms with Crippen LogP contribution in [0.5, 0.6) is 0 Å². The molecule has 1 unspecified atom stereocenters. The normalized spacial score (nSPS) is 12.1. The molecule has 0 fully saturated rings. The topological polar surface area (TPSA) is 26.0 Å². The highest BCUT2D eigenvalue weighted by Crippen LogP contribution is 2.48. The van der Waals surface area contributed by atoms with Crippen molar-refractivity contribution >= 4 is 52.5 Å². The molecule has 0 spiro atoms. The van der Waals surface area contributed by atoms with Crippen molar-refractivity contribution in [1.82, 2.24) is 0 Å². The largest absolute Gasteiger partial charge is 0.314 e. The minimum atomic E-state index is 1.14. The lowest BCUT2D eigenvalue weighted by Gasteiger charge is -2.20. The average Bonchev–Trinajstić information content (AvgIpc) is 3.53. The Labute approximate surface area is 260 Å². The van der Waals surface area contributed by atoms with Crippen LogP contribution in [0, 0.1) is 0 Å². The molecular formula is C42H32NP. The van der Waals surface area contributed by atoms with Gasteiger partial charge >= 0.3 is 0 Å². The lowest BCUT2D eigenvalue weighted by Crippen LogP contribution is -1.93. The standard InChI is InChI=1S/C42H28.H4NP/c1-2-11-30-26-31(23-20-27(30)10-1)32-13-3-4-14-33(32)41-35-15-5-7-17-37(35)42(38-18-8-6-16-36(38)41)39-25-24-29-22-21-28-12-9-19-34(39)40(28)29;1-2/h1-20,23-26H,21-22H2;1-2H2. The first-order chi connectivity index (χ1) is 21.8. The van der Waals surface area contributed by atoms with Crippen molar-refractivity contribution in [3.8, 4) is 33.4 Å². The second kappa shape index (κ2) is 11.0. The molecule has 0 saturated carbocycles. The summed E-state index contributed by atoms with van der Waals surface area (Å²) in [6.45, 7) is 0. The van der Waals surface area contributed by atoms with E-state index in [0.29, 0.717) is 0 Å². The third-order valence-corrected chi connectivity index (χ3v) is 9.33. The fourth-order valence-corrected chi connectivity index (χ4v) is 7.48. The summed E-state index contributed by atoms with van der Waals surface area (Å²) in [4.78, 5) is 0. The van der Waals surface area contributed by atoms with Gasteiger partial charge in [-0.25, -0.2) is 0 Å². The van der Waals surface area contributed by atoms with Crippen molar-refractivity contribution in [1.29, 1.82) is 0 Å². The molecular weight excluding hydrogens is 549 g/mol. The van der Waals surface area contributed by atoms with E-state index < -0.39 is 0 Å². The van der Waals surface area contributed by atoms with E-state index in [1.165, 1.54) is 87.6 Å². The highest BCUT2D eigenvalue weighted by molar-refractivity contribution is 7.13. The molecule has 1 aliphatic rings. The van der Waals surface area contributed by atoms with Crippen LogP contribution in [0.25, 0.3) is 76.5 Å². The maximum absolute atomic E-state index is 4.42.